The van der Waals surface area contributed by atoms with E-state index in [-0.39, 0.29) is 11.5 Å². The number of hydrogen-bond donors (Lipinski definition) is 1. The van der Waals surface area contributed by atoms with Crippen LogP contribution in [0, 0.1) is 0 Å². The number of aromatic carboxylic acids is 1. The molecule has 0 aliphatic carbocycles. The zero-order valence-electron chi connectivity index (χ0n) is 15.4. The molecule has 1 heterocycles. The summed E-state index contributed by atoms with van der Waals surface area (Å²) in [7, 11) is 1.64. The van der Waals surface area contributed by atoms with Crippen LogP contribution in [0.3, 0.4) is 0 Å². The monoisotopic (exact) mass is 368 g/mol. The molecular weight excluding hydrogens is 344 g/mol. The van der Waals surface area contributed by atoms with Crippen LogP contribution in [0.5, 0.6) is 5.75 Å². The van der Waals surface area contributed by atoms with Gasteiger partial charge in [-0.1, -0.05) is 24.3 Å². The van der Waals surface area contributed by atoms with Crippen LogP contribution < -0.4 is 4.74 Å². The number of carbonyl (C=O) groups excluding carboxylic acids is 1. The van der Waals surface area contributed by atoms with Gasteiger partial charge in [-0.25, -0.2) is 4.79 Å². The van der Waals surface area contributed by atoms with Crippen molar-refractivity contribution in [2.75, 3.05) is 26.7 Å². The van der Waals surface area contributed by atoms with E-state index in [0.29, 0.717) is 19.6 Å². The molecule has 1 amide bonds. The Morgan fingerprint density at radius 2 is 1.63 bits per heavy atom. The summed E-state index contributed by atoms with van der Waals surface area (Å²) in [6, 6.07) is 14.6. The Kier molecular flexibility index (Phi) is 6.08. The van der Waals surface area contributed by atoms with Crippen molar-refractivity contribution in [1.29, 1.82) is 0 Å². The fourth-order valence-corrected chi connectivity index (χ4v) is 3.24. The van der Waals surface area contributed by atoms with Crippen molar-refractivity contribution in [3.05, 3.63) is 65.2 Å². The third kappa shape index (κ3) is 5.08. The second kappa shape index (κ2) is 8.68. The summed E-state index contributed by atoms with van der Waals surface area (Å²) in [5.74, 6) is -0.00724. The van der Waals surface area contributed by atoms with Crippen LogP contribution in [-0.4, -0.2) is 53.5 Å². The lowest BCUT2D eigenvalue weighted by atomic mass is 10.1. The number of carboxylic acid groups (broad SMARTS) is 1. The third-order valence-electron chi connectivity index (χ3n) is 4.75. The zero-order chi connectivity index (χ0) is 19.2. The highest BCUT2D eigenvalue weighted by Crippen LogP contribution is 2.16. The minimum Gasteiger partial charge on any atom is -0.497 e. The second-order valence-electron chi connectivity index (χ2n) is 6.73. The number of nitrogens with zero attached hydrogens (tertiary/aromatic N) is 2. The summed E-state index contributed by atoms with van der Waals surface area (Å²) in [5, 5.41) is 8.98. The van der Waals surface area contributed by atoms with Crippen LogP contribution in [0.25, 0.3) is 0 Å². The first-order valence-corrected chi connectivity index (χ1v) is 9.00. The maximum absolute atomic E-state index is 12.7. The van der Waals surface area contributed by atoms with Crippen molar-refractivity contribution in [2.45, 2.75) is 19.5 Å². The van der Waals surface area contributed by atoms with E-state index in [1.807, 2.05) is 41.3 Å². The van der Waals surface area contributed by atoms with Crippen molar-refractivity contribution in [3.8, 4) is 5.75 Å². The van der Waals surface area contributed by atoms with Gasteiger partial charge >= 0.3 is 5.97 Å². The molecule has 6 nitrogen and oxygen atoms in total. The normalized spacial score (nSPS) is 15.4. The molecule has 3 rings (SSSR count). The molecule has 0 bridgehead atoms. The van der Waals surface area contributed by atoms with Crippen molar-refractivity contribution < 1.29 is 19.4 Å². The molecule has 2 aromatic rings. The number of benzene rings is 2. The first-order chi connectivity index (χ1) is 13.0. The van der Waals surface area contributed by atoms with E-state index in [9.17, 15) is 9.59 Å². The minimum absolute atomic E-state index is 0.116. The Hall–Kier alpha value is -2.86. The lowest BCUT2D eigenvalue weighted by molar-refractivity contribution is -0.131. The predicted octanol–water partition coefficient (Wildman–Crippen LogP) is 2.63. The number of rotatable bonds is 6. The summed E-state index contributed by atoms with van der Waals surface area (Å²) < 4.78 is 5.17. The number of carboxylic acids is 1. The molecule has 2 aromatic carbocycles. The molecule has 0 atom stereocenters. The summed E-state index contributed by atoms with van der Waals surface area (Å²) in [4.78, 5) is 27.6. The fourth-order valence-electron chi connectivity index (χ4n) is 3.24. The van der Waals surface area contributed by atoms with Crippen molar-refractivity contribution in [2.24, 2.45) is 0 Å². The van der Waals surface area contributed by atoms with Gasteiger partial charge in [0.15, 0.2) is 0 Å². The molecular formula is C21H24N2O4. The molecule has 0 spiro atoms. The van der Waals surface area contributed by atoms with Gasteiger partial charge < -0.3 is 14.7 Å². The third-order valence-corrected chi connectivity index (χ3v) is 4.75. The molecule has 27 heavy (non-hydrogen) atoms. The topological polar surface area (TPSA) is 70.1 Å². The lowest BCUT2D eigenvalue weighted by Gasteiger charge is -2.22. The molecule has 1 aliphatic rings. The highest BCUT2D eigenvalue weighted by atomic mass is 16.5. The van der Waals surface area contributed by atoms with E-state index in [1.165, 1.54) is 0 Å². The van der Waals surface area contributed by atoms with Crippen LogP contribution in [0.2, 0.25) is 0 Å². The maximum atomic E-state index is 12.7. The van der Waals surface area contributed by atoms with E-state index in [4.69, 9.17) is 9.84 Å². The van der Waals surface area contributed by atoms with Crippen LogP contribution in [0.15, 0.2) is 48.5 Å². The molecule has 0 radical (unpaired) electrons. The quantitative estimate of drug-likeness (QED) is 0.849. The summed E-state index contributed by atoms with van der Waals surface area (Å²) in [6.45, 7) is 3.19. The average molecular weight is 368 g/mol. The van der Waals surface area contributed by atoms with Gasteiger partial charge in [0.25, 0.3) is 0 Å². The molecule has 0 saturated carbocycles. The SMILES string of the molecule is COc1ccc(CN2CCCN(Cc3ccc(C(=O)O)cc3)CC2=O)cc1. The second-order valence-corrected chi connectivity index (χ2v) is 6.73. The molecule has 1 fully saturated rings. The molecule has 1 saturated heterocycles. The Morgan fingerprint density at radius 3 is 2.26 bits per heavy atom. The number of amides is 1. The predicted molar refractivity (Wildman–Crippen MR) is 102 cm³/mol. The summed E-state index contributed by atoms with van der Waals surface area (Å²) in [5.41, 5.74) is 2.37. The van der Waals surface area contributed by atoms with Crippen LogP contribution in [0.4, 0.5) is 0 Å². The van der Waals surface area contributed by atoms with Crippen LogP contribution in [0.1, 0.15) is 27.9 Å². The van der Waals surface area contributed by atoms with E-state index in [1.54, 1.807) is 19.2 Å². The molecule has 1 N–H and O–H groups in total. The van der Waals surface area contributed by atoms with Crippen molar-refractivity contribution >= 4 is 11.9 Å². The number of carbonyl (C=O) groups is 2. The van der Waals surface area contributed by atoms with Gasteiger partial charge in [-0.15, -0.1) is 0 Å². The number of methoxy groups -OCH3 is 1. The van der Waals surface area contributed by atoms with Gasteiger partial charge in [0.05, 0.1) is 19.2 Å². The Labute approximate surface area is 159 Å². The van der Waals surface area contributed by atoms with Gasteiger partial charge in [-0.2, -0.15) is 0 Å². The fraction of sp³-hybridized carbons (Fsp3) is 0.333. The average Bonchev–Trinajstić information content (AvgIpc) is 2.84. The Balaban J connectivity index is 1.58. The van der Waals surface area contributed by atoms with Crippen molar-refractivity contribution in [3.63, 3.8) is 0 Å². The van der Waals surface area contributed by atoms with Gasteiger partial charge in [-0.3, -0.25) is 9.69 Å². The largest absolute Gasteiger partial charge is 0.497 e. The van der Waals surface area contributed by atoms with Crippen molar-refractivity contribution in [1.82, 2.24) is 9.80 Å². The van der Waals surface area contributed by atoms with Crippen LogP contribution >= 0.6 is 0 Å². The first-order valence-electron chi connectivity index (χ1n) is 9.00. The Bertz CT molecular complexity index is 787. The first kappa shape index (κ1) is 18.9. The van der Waals surface area contributed by atoms with E-state index in [2.05, 4.69) is 4.90 Å². The molecule has 0 aromatic heterocycles. The number of hydrogen-bond acceptors (Lipinski definition) is 4. The van der Waals surface area contributed by atoms with Gasteiger partial charge in [-0.05, 0) is 41.8 Å². The molecule has 0 unspecified atom stereocenters. The Morgan fingerprint density at radius 1 is 1.00 bits per heavy atom. The molecule has 142 valence electrons. The van der Waals surface area contributed by atoms with Gasteiger partial charge in [0.1, 0.15) is 5.75 Å². The maximum Gasteiger partial charge on any atom is 0.335 e. The minimum atomic E-state index is -0.930. The van der Waals surface area contributed by atoms with E-state index >= 15 is 0 Å². The molecule has 1 aliphatic heterocycles. The van der Waals surface area contributed by atoms with E-state index in [0.717, 1.165) is 36.4 Å². The van der Waals surface area contributed by atoms with Gasteiger partial charge in [0, 0.05) is 26.2 Å². The number of ether oxygens (including phenoxy) is 1. The van der Waals surface area contributed by atoms with Gasteiger partial charge in [0.2, 0.25) is 5.91 Å². The zero-order valence-corrected chi connectivity index (χ0v) is 15.4. The lowest BCUT2D eigenvalue weighted by Crippen LogP contribution is -2.36. The summed E-state index contributed by atoms with van der Waals surface area (Å²) >= 11 is 0. The van der Waals surface area contributed by atoms with Crippen LogP contribution in [-0.2, 0) is 17.9 Å². The van der Waals surface area contributed by atoms with E-state index < -0.39 is 5.97 Å². The molecule has 6 heteroatoms. The summed E-state index contributed by atoms with van der Waals surface area (Å²) in [6.07, 6.45) is 0.912. The smallest absolute Gasteiger partial charge is 0.335 e. The standard InChI is InChI=1S/C21H24N2O4/c1-27-19-9-5-17(6-10-19)14-23-12-2-11-22(15-20(23)24)13-16-3-7-18(8-4-16)21(25)26/h3-10H,2,11-15H2,1H3,(H,25,26). The highest BCUT2D eigenvalue weighted by Gasteiger charge is 2.22. The highest BCUT2D eigenvalue weighted by molar-refractivity contribution is 5.87.